The van der Waals surface area contributed by atoms with E-state index < -0.39 is 5.41 Å². The molecule has 2 aromatic rings. The number of amides is 1. The molecule has 0 unspecified atom stereocenters. The van der Waals surface area contributed by atoms with Gasteiger partial charge < -0.3 is 5.73 Å². The second-order valence-electron chi connectivity index (χ2n) is 7.03. The molecule has 25 heavy (non-hydrogen) atoms. The van der Waals surface area contributed by atoms with Crippen LogP contribution in [0.1, 0.15) is 45.4 Å². The number of carbonyl (C=O) groups excluding carboxylic acids is 1. The summed E-state index contributed by atoms with van der Waals surface area (Å²) in [7, 11) is 0. The summed E-state index contributed by atoms with van der Waals surface area (Å²) in [6, 6.07) is 16.2. The van der Waals surface area contributed by atoms with E-state index in [0.717, 1.165) is 12.1 Å². The van der Waals surface area contributed by atoms with E-state index in [9.17, 15) is 4.79 Å². The summed E-state index contributed by atoms with van der Waals surface area (Å²) < 4.78 is 0. The highest BCUT2D eigenvalue weighted by Gasteiger charge is 2.42. The summed E-state index contributed by atoms with van der Waals surface area (Å²) in [6.45, 7) is 9.47. The molecule has 4 heteroatoms. The van der Waals surface area contributed by atoms with Gasteiger partial charge in [0, 0.05) is 24.8 Å². The lowest BCUT2D eigenvalue weighted by Gasteiger charge is -2.36. The summed E-state index contributed by atoms with van der Waals surface area (Å²) in [5.74, 6) is -0.357. The topological polar surface area (TPSA) is 59.2 Å². The summed E-state index contributed by atoms with van der Waals surface area (Å²) in [5.41, 5.74) is 6.66. The zero-order chi connectivity index (χ0) is 18.4. The Balaban J connectivity index is 2.50. The predicted molar refractivity (Wildman–Crippen MR) is 102 cm³/mol. The quantitative estimate of drug-likeness (QED) is 0.802. The van der Waals surface area contributed by atoms with Gasteiger partial charge >= 0.3 is 0 Å². The fourth-order valence-electron chi connectivity index (χ4n) is 3.56. The maximum absolute atomic E-state index is 12.7. The first kappa shape index (κ1) is 19.1. The molecule has 0 saturated carbocycles. The largest absolute Gasteiger partial charge is 0.369 e. The lowest BCUT2D eigenvalue weighted by Crippen LogP contribution is -2.47. The molecule has 1 atom stereocenters. The summed E-state index contributed by atoms with van der Waals surface area (Å²) in [4.78, 5) is 19.6. The molecule has 4 nitrogen and oxygen atoms in total. The van der Waals surface area contributed by atoms with Crippen molar-refractivity contribution in [2.24, 2.45) is 5.73 Å². The van der Waals surface area contributed by atoms with Gasteiger partial charge in [-0.05, 0) is 51.8 Å². The van der Waals surface area contributed by atoms with E-state index in [1.54, 1.807) is 6.20 Å². The third-order valence-corrected chi connectivity index (χ3v) is 4.86. The Morgan fingerprint density at radius 1 is 1.04 bits per heavy atom. The molecule has 2 rings (SSSR count). The normalized spacial score (nSPS) is 14.0. The highest BCUT2D eigenvalue weighted by molar-refractivity contribution is 5.90. The van der Waals surface area contributed by atoms with E-state index in [-0.39, 0.29) is 5.91 Å². The van der Waals surface area contributed by atoms with Gasteiger partial charge in [-0.2, -0.15) is 0 Å². The van der Waals surface area contributed by atoms with Crippen LogP contribution in [0.25, 0.3) is 0 Å². The monoisotopic (exact) mass is 339 g/mol. The highest BCUT2D eigenvalue weighted by Crippen LogP contribution is 2.35. The molecule has 1 aromatic heterocycles. The minimum absolute atomic E-state index is 0.357. The molecule has 0 fully saturated rings. The van der Waals surface area contributed by atoms with Gasteiger partial charge in [-0.15, -0.1) is 0 Å². The second kappa shape index (κ2) is 8.26. The van der Waals surface area contributed by atoms with E-state index in [1.165, 1.54) is 0 Å². The van der Waals surface area contributed by atoms with E-state index in [1.807, 2.05) is 48.5 Å². The van der Waals surface area contributed by atoms with Crippen molar-refractivity contribution >= 4 is 5.91 Å². The third kappa shape index (κ3) is 4.07. The Morgan fingerprint density at radius 2 is 1.64 bits per heavy atom. The minimum atomic E-state index is -0.926. The molecule has 1 heterocycles. The number of primary amides is 1. The van der Waals surface area contributed by atoms with Gasteiger partial charge in [-0.3, -0.25) is 14.7 Å². The van der Waals surface area contributed by atoms with Crippen LogP contribution in [-0.2, 0) is 10.2 Å². The number of nitrogens with two attached hydrogens (primary N) is 1. The third-order valence-electron chi connectivity index (χ3n) is 4.86. The van der Waals surface area contributed by atoms with Crippen LogP contribution in [0.4, 0.5) is 0 Å². The number of hydrogen-bond donors (Lipinski definition) is 1. The molecule has 0 bridgehead atoms. The predicted octanol–water partition coefficient (Wildman–Crippen LogP) is 3.36. The molecule has 1 aromatic carbocycles. The zero-order valence-corrected chi connectivity index (χ0v) is 15.6. The average molecular weight is 339 g/mol. The van der Waals surface area contributed by atoms with Gasteiger partial charge in [0.15, 0.2) is 0 Å². The molecular formula is C21H29N3O. The number of rotatable bonds is 8. The van der Waals surface area contributed by atoms with E-state index in [0.29, 0.717) is 24.2 Å². The molecule has 0 saturated heterocycles. The SMILES string of the molecule is CC(C)N(CC[C@](C(N)=O)(c1ccccc1)c1ccccn1)C(C)C. The summed E-state index contributed by atoms with van der Waals surface area (Å²) >= 11 is 0. The molecule has 0 aliphatic rings. The Kier molecular flexibility index (Phi) is 6.32. The van der Waals surface area contributed by atoms with Gasteiger partial charge in [0.1, 0.15) is 5.41 Å². The molecule has 0 aliphatic heterocycles. The van der Waals surface area contributed by atoms with Crippen molar-refractivity contribution in [1.82, 2.24) is 9.88 Å². The van der Waals surface area contributed by atoms with Gasteiger partial charge in [0.2, 0.25) is 5.91 Å². The molecular weight excluding hydrogens is 310 g/mol. The smallest absolute Gasteiger partial charge is 0.234 e. The number of benzene rings is 1. The molecule has 0 aliphatic carbocycles. The van der Waals surface area contributed by atoms with E-state index in [2.05, 4.69) is 37.6 Å². The lowest BCUT2D eigenvalue weighted by atomic mass is 9.73. The molecule has 0 spiro atoms. The molecule has 1 amide bonds. The minimum Gasteiger partial charge on any atom is -0.369 e. The second-order valence-corrected chi connectivity index (χ2v) is 7.03. The number of pyridine rings is 1. The van der Waals surface area contributed by atoms with Crippen LogP contribution in [0, 0.1) is 0 Å². The Hall–Kier alpha value is -2.20. The van der Waals surface area contributed by atoms with E-state index in [4.69, 9.17) is 5.73 Å². The van der Waals surface area contributed by atoms with Crippen molar-refractivity contribution in [3.8, 4) is 0 Å². The van der Waals surface area contributed by atoms with Crippen LogP contribution in [0.15, 0.2) is 54.7 Å². The van der Waals surface area contributed by atoms with Crippen molar-refractivity contribution in [1.29, 1.82) is 0 Å². The summed E-state index contributed by atoms with van der Waals surface area (Å²) in [6.07, 6.45) is 2.32. The molecule has 2 N–H and O–H groups in total. The Labute approximate surface area is 151 Å². The highest BCUT2D eigenvalue weighted by atomic mass is 16.1. The molecule has 0 radical (unpaired) electrons. The fourth-order valence-corrected chi connectivity index (χ4v) is 3.56. The van der Waals surface area contributed by atoms with Crippen molar-refractivity contribution in [2.45, 2.75) is 51.6 Å². The van der Waals surface area contributed by atoms with Crippen LogP contribution in [0.2, 0.25) is 0 Å². The standard InChI is InChI=1S/C21H29N3O/c1-16(2)24(17(3)4)15-13-21(20(22)25,18-10-6-5-7-11-18)19-12-8-9-14-23-19/h5-12,14,16-17H,13,15H2,1-4H3,(H2,22,25)/t21-/m0/s1. The van der Waals surface area contributed by atoms with Gasteiger partial charge in [0.25, 0.3) is 0 Å². The summed E-state index contributed by atoms with van der Waals surface area (Å²) in [5, 5.41) is 0. The average Bonchev–Trinajstić information content (AvgIpc) is 2.59. The van der Waals surface area contributed by atoms with Crippen LogP contribution in [0.3, 0.4) is 0 Å². The number of carbonyl (C=O) groups is 1. The first-order chi connectivity index (χ1) is 11.9. The van der Waals surface area contributed by atoms with E-state index >= 15 is 0 Å². The van der Waals surface area contributed by atoms with Crippen molar-refractivity contribution in [3.05, 3.63) is 66.0 Å². The van der Waals surface area contributed by atoms with Crippen LogP contribution >= 0.6 is 0 Å². The maximum Gasteiger partial charge on any atom is 0.234 e. The first-order valence-electron chi connectivity index (χ1n) is 8.92. The van der Waals surface area contributed by atoms with Crippen molar-refractivity contribution < 1.29 is 4.79 Å². The zero-order valence-electron chi connectivity index (χ0n) is 15.6. The number of nitrogens with zero attached hydrogens (tertiary/aromatic N) is 2. The van der Waals surface area contributed by atoms with Gasteiger partial charge in [0.05, 0.1) is 5.69 Å². The Bertz CT molecular complexity index is 621. The van der Waals surface area contributed by atoms with Crippen LogP contribution in [-0.4, -0.2) is 34.4 Å². The molecule has 134 valence electrons. The van der Waals surface area contributed by atoms with Crippen molar-refractivity contribution in [3.63, 3.8) is 0 Å². The maximum atomic E-state index is 12.7. The fraction of sp³-hybridized carbons (Fsp3) is 0.429. The van der Waals surface area contributed by atoms with Crippen LogP contribution < -0.4 is 5.73 Å². The van der Waals surface area contributed by atoms with Gasteiger partial charge in [-0.25, -0.2) is 0 Å². The number of hydrogen-bond acceptors (Lipinski definition) is 3. The van der Waals surface area contributed by atoms with Gasteiger partial charge in [-0.1, -0.05) is 36.4 Å². The Morgan fingerprint density at radius 3 is 2.12 bits per heavy atom. The lowest BCUT2D eigenvalue weighted by molar-refractivity contribution is -0.122. The number of aromatic nitrogens is 1. The van der Waals surface area contributed by atoms with Crippen molar-refractivity contribution in [2.75, 3.05) is 6.54 Å². The first-order valence-corrected chi connectivity index (χ1v) is 8.92. The van der Waals surface area contributed by atoms with Crippen LogP contribution in [0.5, 0.6) is 0 Å².